The van der Waals surface area contributed by atoms with Crippen LogP contribution in [0.15, 0.2) is 70.5 Å². The SMILES string of the molecule is CC(C)(C[C@@H](O)[C@H]1CCCN1)[S+](c1ccccc1)c1ccccc1. The number of aliphatic hydroxyl groups excluding tert-OH is 1. The topological polar surface area (TPSA) is 32.3 Å². The van der Waals surface area contributed by atoms with Crippen LogP contribution in [-0.4, -0.2) is 28.5 Å². The second-order valence-electron chi connectivity index (χ2n) is 7.17. The first-order valence-electron chi connectivity index (χ1n) is 8.84. The van der Waals surface area contributed by atoms with Crippen LogP contribution in [0.5, 0.6) is 0 Å². The summed E-state index contributed by atoms with van der Waals surface area (Å²) in [5.41, 5.74) is 0. The fraction of sp³-hybridized carbons (Fsp3) is 0.429. The zero-order valence-corrected chi connectivity index (χ0v) is 15.4. The van der Waals surface area contributed by atoms with Gasteiger partial charge in [-0.25, -0.2) is 0 Å². The Morgan fingerprint density at radius 1 is 1.04 bits per heavy atom. The summed E-state index contributed by atoms with van der Waals surface area (Å²) >= 11 is 0. The van der Waals surface area contributed by atoms with E-state index in [2.05, 4.69) is 79.8 Å². The second kappa shape index (κ2) is 7.73. The van der Waals surface area contributed by atoms with Gasteiger partial charge in [-0.1, -0.05) is 36.4 Å². The second-order valence-corrected chi connectivity index (χ2v) is 9.83. The Hall–Kier alpha value is -1.29. The molecule has 3 heteroatoms. The predicted octanol–water partition coefficient (Wildman–Crippen LogP) is 4.00. The zero-order valence-electron chi connectivity index (χ0n) is 14.6. The highest BCUT2D eigenvalue weighted by Gasteiger charge is 2.45. The lowest BCUT2D eigenvalue weighted by Gasteiger charge is -2.30. The van der Waals surface area contributed by atoms with E-state index >= 15 is 0 Å². The quantitative estimate of drug-likeness (QED) is 0.778. The minimum Gasteiger partial charge on any atom is -0.391 e. The van der Waals surface area contributed by atoms with Gasteiger partial charge in [0.25, 0.3) is 0 Å². The Labute approximate surface area is 148 Å². The molecule has 1 heterocycles. The van der Waals surface area contributed by atoms with E-state index in [1.165, 1.54) is 16.2 Å². The van der Waals surface area contributed by atoms with Crippen LogP contribution in [0, 0.1) is 0 Å². The maximum absolute atomic E-state index is 10.8. The molecule has 0 spiro atoms. The molecule has 0 aromatic heterocycles. The van der Waals surface area contributed by atoms with Gasteiger partial charge >= 0.3 is 0 Å². The molecule has 0 radical (unpaired) electrons. The van der Waals surface area contributed by atoms with Crippen molar-refractivity contribution in [2.45, 2.75) is 59.8 Å². The van der Waals surface area contributed by atoms with Crippen LogP contribution in [-0.2, 0) is 10.9 Å². The molecule has 1 aliphatic heterocycles. The molecular weight excluding hydrogens is 314 g/mol. The lowest BCUT2D eigenvalue weighted by Crippen LogP contribution is -2.43. The van der Waals surface area contributed by atoms with Gasteiger partial charge in [-0.2, -0.15) is 0 Å². The van der Waals surface area contributed by atoms with Crippen molar-refractivity contribution in [2.75, 3.05) is 6.54 Å². The van der Waals surface area contributed by atoms with Crippen LogP contribution in [0.25, 0.3) is 0 Å². The molecule has 2 atom stereocenters. The molecule has 24 heavy (non-hydrogen) atoms. The standard InChI is InChI=1S/C21H28NOS/c1-21(2,16-20(23)19-14-9-15-22-19)24(17-10-5-3-6-11-17)18-12-7-4-8-13-18/h3-8,10-13,19-20,22-23H,9,14-16H2,1-2H3/q+1/t19-,20-/m1/s1. The lowest BCUT2D eigenvalue weighted by atomic mass is 9.98. The molecule has 2 aromatic rings. The Balaban J connectivity index is 1.89. The molecule has 0 unspecified atom stereocenters. The minimum absolute atomic E-state index is 0.00755. The van der Waals surface area contributed by atoms with Gasteiger partial charge in [-0.15, -0.1) is 0 Å². The molecule has 0 saturated carbocycles. The van der Waals surface area contributed by atoms with E-state index in [-0.39, 0.29) is 27.8 Å². The van der Waals surface area contributed by atoms with Crippen LogP contribution < -0.4 is 5.32 Å². The van der Waals surface area contributed by atoms with Gasteiger partial charge in [0, 0.05) is 12.5 Å². The van der Waals surface area contributed by atoms with Crippen LogP contribution in [0.2, 0.25) is 0 Å². The molecule has 0 bridgehead atoms. The molecule has 3 rings (SSSR count). The molecule has 0 amide bonds. The molecule has 128 valence electrons. The summed E-state index contributed by atoms with van der Waals surface area (Å²) in [7, 11) is -0.0700. The summed E-state index contributed by atoms with van der Waals surface area (Å²) in [6.07, 6.45) is 2.77. The Bertz CT molecular complexity index is 583. The molecular formula is C21H28NOS+. The number of benzene rings is 2. The monoisotopic (exact) mass is 342 g/mol. The summed E-state index contributed by atoms with van der Waals surface area (Å²) < 4.78 is -0.00755. The van der Waals surface area contributed by atoms with Crippen molar-refractivity contribution in [3.8, 4) is 0 Å². The van der Waals surface area contributed by atoms with E-state index in [4.69, 9.17) is 0 Å². The smallest absolute Gasteiger partial charge is 0.161 e. The fourth-order valence-electron chi connectivity index (χ4n) is 3.66. The third-order valence-electron chi connectivity index (χ3n) is 4.77. The number of rotatable bonds is 6. The summed E-state index contributed by atoms with van der Waals surface area (Å²) in [5, 5.41) is 14.2. The van der Waals surface area contributed by atoms with Crippen LogP contribution in [0.3, 0.4) is 0 Å². The number of nitrogens with one attached hydrogen (secondary N) is 1. The fourth-order valence-corrected chi connectivity index (χ4v) is 6.40. The van der Waals surface area contributed by atoms with Crippen molar-refractivity contribution in [1.29, 1.82) is 0 Å². The molecule has 1 fully saturated rings. The maximum Gasteiger partial charge on any atom is 0.161 e. The first-order valence-corrected chi connectivity index (χ1v) is 10.1. The first kappa shape index (κ1) is 17.5. The normalized spacial score (nSPS) is 19.6. The third kappa shape index (κ3) is 4.02. The van der Waals surface area contributed by atoms with Crippen molar-refractivity contribution in [2.24, 2.45) is 0 Å². The van der Waals surface area contributed by atoms with E-state index in [0.29, 0.717) is 0 Å². The number of aliphatic hydroxyl groups is 1. The van der Waals surface area contributed by atoms with Gasteiger partial charge in [0.2, 0.25) is 0 Å². The zero-order chi connectivity index (χ0) is 17.0. The highest BCUT2D eigenvalue weighted by Crippen LogP contribution is 2.38. The van der Waals surface area contributed by atoms with E-state index in [9.17, 15) is 5.11 Å². The van der Waals surface area contributed by atoms with Crippen molar-refractivity contribution < 1.29 is 5.11 Å². The Kier molecular flexibility index (Phi) is 5.65. The summed E-state index contributed by atoms with van der Waals surface area (Å²) in [5.74, 6) is 0. The van der Waals surface area contributed by atoms with Gasteiger partial charge in [-0.3, -0.25) is 0 Å². The lowest BCUT2D eigenvalue weighted by molar-refractivity contribution is 0.117. The largest absolute Gasteiger partial charge is 0.391 e. The summed E-state index contributed by atoms with van der Waals surface area (Å²) in [6.45, 7) is 5.63. The molecule has 2 aromatic carbocycles. The Morgan fingerprint density at radius 3 is 2.04 bits per heavy atom. The summed E-state index contributed by atoms with van der Waals surface area (Å²) in [6, 6.07) is 21.7. The first-order chi connectivity index (χ1) is 11.6. The van der Waals surface area contributed by atoms with Gasteiger partial charge in [0.15, 0.2) is 9.79 Å². The van der Waals surface area contributed by atoms with E-state index < -0.39 is 0 Å². The summed E-state index contributed by atoms with van der Waals surface area (Å²) in [4.78, 5) is 2.69. The minimum atomic E-state index is -0.287. The number of hydrogen-bond acceptors (Lipinski definition) is 2. The van der Waals surface area contributed by atoms with Gasteiger partial charge < -0.3 is 10.4 Å². The highest BCUT2D eigenvalue weighted by atomic mass is 32.2. The molecule has 2 N–H and O–H groups in total. The predicted molar refractivity (Wildman–Crippen MR) is 103 cm³/mol. The number of hydrogen-bond donors (Lipinski definition) is 2. The molecule has 0 aliphatic carbocycles. The maximum atomic E-state index is 10.8. The van der Waals surface area contributed by atoms with Crippen molar-refractivity contribution in [1.82, 2.24) is 5.32 Å². The van der Waals surface area contributed by atoms with E-state index in [0.717, 1.165) is 19.4 Å². The van der Waals surface area contributed by atoms with Gasteiger partial charge in [0.1, 0.15) is 4.75 Å². The molecule has 2 nitrogen and oxygen atoms in total. The van der Waals surface area contributed by atoms with Crippen molar-refractivity contribution in [3.05, 3.63) is 60.7 Å². The van der Waals surface area contributed by atoms with Crippen molar-refractivity contribution in [3.63, 3.8) is 0 Å². The van der Waals surface area contributed by atoms with Gasteiger partial charge in [0.05, 0.1) is 17.0 Å². The Morgan fingerprint density at radius 2 is 1.58 bits per heavy atom. The average molecular weight is 343 g/mol. The third-order valence-corrected chi connectivity index (χ3v) is 7.53. The van der Waals surface area contributed by atoms with E-state index in [1.807, 2.05) is 0 Å². The van der Waals surface area contributed by atoms with Crippen molar-refractivity contribution >= 4 is 10.9 Å². The van der Waals surface area contributed by atoms with E-state index in [1.54, 1.807) is 0 Å². The van der Waals surface area contributed by atoms with Gasteiger partial charge in [-0.05, 0) is 57.5 Å². The highest BCUT2D eigenvalue weighted by molar-refractivity contribution is 7.98. The molecule has 1 aliphatic rings. The van der Waals surface area contributed by atoms with Crippen LogP contribution >= 0.6 is 0 Å². The molecule has 1 saturated heterocycles. The van der Waals surface area contributed by atoms with Crippen LogP contribution in [0.1, 0.15) is 33.1 Å². The van der Waals surface area contributed by atoms with Crippen LogP contribution in [0.4, 0.5) is 0 Å². The average Bonchev–Trinajstić information content (AvgIpc) is 3.11.